The summed E-state index contributed by atoms with van der Waals surface area (Å²) in [5, 5.41) is 0.188. The van der Waals surface area contributed by atoms with E-state index in [1.54, 1.807) is 0 Å². The predicted octanol–water partition coefficient (Wildman–Crippen LogP) is 1.68. The zero-order valence-electron chi connectivity index (χ0n) is 13.9. The molecule has 4 atom stereocenters. The number of rotatable bonds is 3. The molecule has 0 saturated carbocycles. The van der Waals surface area contributed by atoms with E-state index < -0.39 is 0 Å². The summed E-state index contributed by atoms with van der Waals surface area (Å²) < 4.78 is 11.8. The molecule has 1 aromatic rings. The van der Waals surface area contributed by atoms with Crippen molar-refractivity contribution in [2.24, 2.45) is 0 Å². The van der Waals surface area contributed by atoms with Gasteiger partial charge in [0.15, 0.2) is 6.29 Å². The van der Waals surface area contributed by atoms with E-state index in [2.05, 4.69) is 19.8 Å². The van der Waals surface area contributed by atoms with Crippen molar-refractivity contribution >= 4 is 29.5 Å². The SMILES string of the molecule is O=Cc1c(N2CC3CCC(C2)O3)nc(Cl)nc1N1CC2CCC(C1)O2. The Bertz CT molecular complexity index is 627. The largest absolute Gasteiger partial charge is 0.371 e. The minimum Gasteiger partial charge on any atom is -0.371 e. The van der Waals surface area contributed by atoms with Crippen molar-refractivity contribution < 1.29 is 14.3 Å². The van der Waals surface area contributed by atoms with E-state index in [0.717, 1.165) is 58.1 Å². The van der Waals surface area contributed by atoms with Crippen LogP contribution in [0.15, 0.2) is 0 Å². The Hall–Kier alpha value is -1.44. The molecular formula is C17H21ClN4O3. The van der Waals surface area contributed by atoms with Gasteiger partial charge in [-0.3, -0.25) is 4.79 Å². The number of carbonyl (C=O) groups excluding carboxylic acids is 1. The molecule has 0 aliphatic carbocycles. The maximum atomic E-state index is 12.0. The lowest BCUT2D eigenvalue weighted by Crippen LogP contribution is -2.45. The second kappa shape index (κ2) is 6.07. The molecule has 5 heterocycles. The molecule has 0 amide bonds. The lowest BCUT2D eigenvalue weighted by molar-refractivity contribution is 0.0298. The molecule has 5 rings (SSSR count). The minimum absolute atomic E-state index is 0.188. The van der Waals surface area contributed by atoms with Gasteiger partial charge in [0, 0.05) is 26.2 Å². The summed E-state index contributed by atoms with van der Waals surface area (Å²) in [5.41, 5.74) is 0.534. The number of hydrogen-bond donors (Lipinski definition) is 0. The Morgan fingerprint density at radius 3 is 1.60 bits per heavy atom. The third-order valence-electron chi connectivity index (χ3n) is 5.68. The van der Waals surface area contributed by atoms with E-state index in [0.29, 0.717) is 17.2 Å². The molecule has 0 spiro atoms. The first-order valence-corrected chi connectivity index (χ1v) is 9.41. The van der Waals surface area contributed by atoms with Crippen LogP contribution in [-0.2, 0) is 9.47 Å². The van der Waals surface area contributed by atoms with E-state index >= 15 is 0 Å². The molecule has 4 unspecified atom stereocenters. The molecule has 0 aromatic carbocycles. The summed E-state index contributed by atoms with van der Waals surface area (Å²) in [6.45, 7) is 2.99. The fourth-order valence-corrected chi connectivity index (χ4v) is 4.74. The van der Waals surface area contributed by atoms with Gasteiger partial charge in [0.1, 0.15) is 11.6 Å². The van der Waals surface area contributed by atoms with Crippen molar-refractivity contribution in [2.75, 3.05) is 36.0 Å². The van der Waals surface area contributed by atoms with Crippen LogP contribution in [0.25, 0.3) is 0 Å². The van der Waals surface area contributed by atoms with E-state index in [1.807, 2.05) is 0 Å². The van der Waals surface area contributed by atoms with Crippen molar-refractivity contribution in [3.8, 4) is 0 Å². The summed E-state index contributed by atoms with van der Waals surface area (Å²) in [6, 6.07) is 0. The molecule has 7 nitrogen and oxygen atoms in total. The number of hydrogen-bond acceptors (Lipinski definition) is 7. The van der Waals surface area contributed by atoms with Crippen molar-refractivity contribution in [1.29, 1.82) is 0 Å². The van der Waals surface area contributed by atoms with Gasteiger partial charge in [0.05, 0.1) is 30.0 Å². The number of morpholine rings is 2. The van der Waals surface area contributed by atoms with Crippen LogP contribution < -0.4 is 9.80 Å². The Morgan fingerprint density at radius 2 is 1.24 bits per heavy atom. The lowest BCUT2D eigenvalue weighted by Gasteiger charge is -2.36. The number of aromatic nitrogens is 2. The Balaban J connectivity index is 1.51. The first kappa shape index (κ1) is 15.8. The fraction of sp³-hybridized carbons (Fsp3) is 0.706. The van der Waals surface area contributed by atoms with Crippen molar-refractivity contribution in [1.82, 2.24) is 9.97 Å². The first-order chi connectivity index (χ1) is 12.2. The second-order valence-corrected chi connectivity index (χ2v) is 7.73. The van der Waals surface area contributed by atoms with Crippen LogP contribution >= 0.6 is 11.6 Å². The first-order valence-electron chi connectivity index (χ1n) is 9.03. The smallest absolute Gasteiger partial charge is 0.226 e. The van der Waals surface area contributed by atoms with E-state index in [1.165, 1.54) is 0 Å². The van der Waals surface area contributed by atoms with Crippen molar-refractivity contribution in [3.63, 3.8) is 0 Å². The maximum absolute atomic E-state index is 12.0. The number of halogens is 1. The lowest BCUT2D eigenvalue weighted by atomic mass is 10.2. The van der Waals surface area contributed by atoms with Gasteiger partial charge in [-0.1, -0.05) is 0 Å². The zero-order valence-corrected chi connectivity index (χ0v) is 14.7. The van der Waals surface area contributed by atoms with E-state index in [9.17, 15) is 4.79 Å². The van der Waals surface area contributed by atoms with Gasteiger partial charge < -0.3 is 19.3 Å². The van der Waals surface area contributed by atoms with Gasteiger partial charge in [-0.15, -0.1) is 0 Å². The topological polar surface area (TPSA) is 67.8 Å². The Kier molecular flexibility index (Phi) is 3.83. The molecular weight excluding hydrogens is 344 g/mol. The number of aldehydes is 1. The zero-order chi connectivity index (χ0) is 17.0. The number of fused-ring (bicyclic) bond motifs is 4. The Labute approximate surface area is 151 Å². The van der Waals surface area contributed by atoms with E-state index in [4.69, 9.17) is 21.1 Å². The standard InChI is InChI=1S/C17H21ClN4O3/c18-17-19-15(21-5-10-1-2-11(6-21)24-10)14(9-23)16(20-17)22-7-12-3-4-13(8-22)25-12/h9-13H,1-8H2. The Morgan fingerprint density at radius 1 is 0.840 bits per heavy atom. The van der Waals surface area contributed by atoms with Crippen LogP contribution in [0.3, 0.4) is 0 Å². The summed E-state index contributed by atoms with van der Waals surface area (Å²) in [7, 11) is 0. The quantitative estimate of drug-likeness (QED) is 0.597. The van der Waals surface area contributed by atoms with Gasteiger partial charge >= 0.3 is 0 Å². The second-order valence-electron chi connectivity index (χ2n) is 7.40. The van der Waals surface area contributed by atoms with Crippen LogP contribution in [0.4, 0.5) is 11.6 Å². The monoisotopic (exact) mass is 364 g/mol. The molecule has 25 heavy (non-hydrogen) atoms. The number of ether oxygens (including phenoxy) is 2. The molecule has 4 saturated heterocycles. The highest BCUT2D eigenvalue weighted by molar-refractivity contribution is 6.28. The predicted molar refractivity (Wildman–Crippen MR) is 92.6 cm³/mol. The third-order valence-corrected chi connectivity index (χ3v) is 5.85. The van der Waals surface area contributed by atoms with Gasteiger partial charge in [0.25, 0.3) is 0 Å². The molecule has 4 bridgehead atoms. The maximum Gasteiger partial charge on any atom is 0.226 e. The van der Waals surface area contributed by atoms with Gasteiger partial charge in [-0.05, 0) is 37.3 Å². The number of anilines is 2. The minimum atomic E-state index is 0.188. The summed E-state index contributed by atoms with van der Waals surface area (Å²) in [6.07, 6.45) is 6.00. The van der Waals surface area contributed by atoms with Crippen molar-refractivity contribution in [3.05, 3.63) is 10.8 Å². The molecule has 4 aliphatic heterocycles. The molecule has 4 aliphatic rings. The average molecular weight is 365 g/mol. The van der Waals surface area contributed by atoms with Crippen LogP contribution in [0.2, 0.25) is 5.28 Å². The van der Waals surface area contributed by atoms with Crippen LogP contribution in [0, 0.1) is 0 Å². The van der Waals surface area contributed by atoms with Crippen LogP contribution in [0.1, 0.15) is 36.0 Å². The third kappa shape index (κ3) is 2.78. The number of carbonyl (C=O) groups is 1. The normalized spacial score (nSPS) is 33.8. The molecule has 1 aromatic heterocycles. The van der Waals surface area contributed by atoms with Gasteiger partial charge in [-0.25, -0.2) is 0 Å². The average Bonchev–Trinajstić information content (AvgIpc) is 3.14. The molecule has 8 heteroatoms. The van der Waals surface area contributed by atoms with Gasteiger partial charge in [0.2, 0.25) is 5.28 Å². The highest BCUT2D eigenvalue weighted by atomic mass is 35.5. The highest BCUT2D eigenvalue weighted by Crippen LogP contribution is 2.35. The molecule has 4 fully saturated rings. The fourth-order valence-electron chi connectivity index (χ4n) is 4.58. The van der Waals surface area contributed by atoms with Crippen LogP contribution in [0.5, 0.6) is 0 Å². The highest BCUT2D eigenvalue weighted by Gasteiger charge is 2.38. The molecule has 0 N–H and O–H groups in total. The van der Waals surface area contributed by atoms with Crippen molar-refractivity contribution in [2.45, 2.75) is 50.1 Å². The van der Waals surface area contributed by atoms with Crippen LogP contribution in [-0.4, -0.2) is 66.8 Å². The summed E-state index contributed by atoms with van der Waals surface area (Å²) in [5.74, 6) is 1.29. The number of nitrogens with zero attached hydrogens (tertiary/aromatic N) is 4. The summed E-state index contributed by atoms with van der Waals surface area (Å²) >= 11 is 6.24. The summed E-state index contributed by atoms with van der Waals surface area (Å²) in [4.78, 5) is 25.1. The van der Waals surface area contributed by atoms with Gasteiger partial charge in [-0.2, -0.15) is 9.97 Å². The molecule has 0 radical (unpaired) electrons. The molecule has 134 valence electrons. The van der Waals surface area contributed by atoms with E-state index in [-0.39, 0.29) is 29.7 Å².